The molecule has 0 spiro atoms. The third-order valence-electron chi connectivity index (χ3n) is 2.38. The van der Waals surface area contributed by atoms with Crippen molar-refractivity contribution in [1.29, 1.82) is 0 Å². The Kier molecular flexibility index (Phi) is 6.21. The number of rotatable bonds is 5. The SMILES string of the molecule is CC(C)CNC(=O)C(C)Nc1cc(I)ccc1Cl. The maximum atomic E-state index is 11.8. The zero-order chi connectivity index (χ0) is 13.7. The van der Waals surface area contributed by atoms with Gasteiger partial charge in [-0.1, -0.05) is 25.4 Å². The summed E-state index contributed by atoms with van der Waals surface area (Å²) in [5, 5.41) is 6.64. The summed E-state index contributed by atoms with van der Waals surface area (Å²) in [5.41, 5.74) is 0.788. The van der Waals surface area contributed by atoms with Crippen molar-refractivity contribution in [1.82, 2.24) is 5.32 Å². The van der Waals surface area contributed by atoms with Crippen molar-refractivity contribution >= 4 is 45.8 Å². The van der Waals surface area contributed by atoms with Gasteiger partial charge in [-0.15, -0.1) is 0 Å². The van der Waals surface area contributed by atoms with Gasteiger partial charge >= 0.3 is 0 Å². The van der Waals surface area contributed by atoms with Gasteiger partial charge in [-0.3, -0.25) is 4.79 Å². The monoisotopic (exact) mass is 380 g/mol. The molecule has 0 radical (unpaired) electrons. The highest BCUT2D eigenvalue weighted by Crippen LogP contribution is 2.24. The van der Waals surface area contributed by atoms with Crippen molar-refractivity contribution in [2.75, 3.05) is 11.9 Å². The van der Waals surface area contributed by atoms with E-state index in [2.05, 4.69) is 47.1 Å². The Labute approximate surface area is 127 Å². The van der Waals surface area contributed by atoms with Crippen LogP contribution >= 0.6 is 34.2 Å². The number of hydrogen-bond donors (Lipinski definition) is 2. The molecule has 5 heteroatoms. The number of anilines is 1. The molecule has 0 bridgehead atoms. The fourth-order valence-corrected chi connectivity index (χ4v) is 2.03. The standard InChI is InChI=1S/C13H18ClIN2O/c1-8(2)7-16-13(18)9(3)17-12-6-10(15)4-5-11(12)14/h4-6,8-9,17H,7H2,1-3H3,(H,16,18). The van der Waals surface area contributed by atoms with Crippen molar-refractivity contribution in [2.24, 2.45) is 5.92 Å². The quantitative estimate of drug-likeness (QED) is 0.768. The van der Waals surface area contributed by atoms with Gasteiger partial charge in [0.15, 0.2) is 0 Å². The van der Waals surface area contributed by atoms with E-state index in [-0.39, 0.29) is 11.9 Å². The third-order valence-corrected chi connectivity index (χ3v) is 3.38. The lowest BCUT2D eigenvalue weighted by Crippen LogP contribution is -2.39. The second-order valence-electron chi connectivity index (χ2n) is 4.63. The first-order valence-corrected chi connectivity index (χ1v) is 7.35. The van der Waals surface area contributed by atoms with Crippen molar-refractivity contribution < 1.29 is 4.79 Å². The molecular weight excluding hydrogens is 363 g/mol. The zero-order valence-corrected chi connectivity index (χ0v) is 13.7. The van der Waals surface area contributed by atoms with E-state index in [0.29, 0.717) is 17.5 Å². The molecule has 3 nitrogen and oxygen atoms in total. The first kappa shape index (κ1) is 15.6. The Morgan fingerprint density at radius 1 is 1.39 bits per heavy atom. The van der Waals surface area contributed by atoms with Crippen LogP contribution in [0.5, 0.6) is 0 Å². The minimum atomic E-state index is -0.306. The van der Waals surface area contributed by atoms with Crippen molar-refractivity contribution in [3.63, 3.8) is 0 Å². The average molecular weight is 381 g/mol. The Morgan fingerprint density at radius 3 is 2.67 bits per heavy atom. The minimum absolute atomic E-state index is 0.0152. The molecule has 0 aliphatic rings. The third kappa shape index (κ3) is 5.02. The molecule has 1 unspecified atom stereocenters. The highest BCUT2D eigenvalue weighted by molar-refractivity contribution is 14.1. The van der Waals surface area contributed by atoms with Crippen LogP contribution in [0.25, 0.3) is 0 Å². The van der Waals surface area contributed by atoms with Crippen LogP contribution in [0, 0.1) is 9.49 Å². The van der Waals surface area contributed by atoms with Crippen LogP contribution in [-0.2, 0) is 4.79 Å². The lowest BCUT2D eigenvalue weighted by Gasteiger charge is -2.17. The highest BCUT2D eigenvalue weighted by Gasteiger charge is 2.13. The van der Waals surface area contributed by atoms with Crippen LogP contribution in [0.4, 0.5) is 5.69 Å². The summed E-state index contributed by atoms with van der Waals surface area (Å²) >= 11 is 8.29. The summed E-state index contributed by atoms with van der Waals surface area (Å²) in [6.45, 7) is 6.64. The van der Waals surface area contributed by atoms with E-state index >= 15 is 0 Å². The number of hydrogen-bond acceptors (Lipinski definition) is 2. The molecule has 1 aromatic carbocycles. The molecule has 2 N–H and O–H groups in total. The number of nitrogens with one attached hydrogen (secondary N) is 2. The molecule has 0 aliphatic carbocycles. The topological polar surface area (TPSA) is 41.1 Å². The van der Waals surface area contributed by atoms with Gasteiger partial charge in [0, 0.05) is 10.1 Å². The van der Waals surface area contributed by atoms with Gasteiger partial charge in [-0.2, -0.15) is 0 Å². The van der Waals surface area contributed by atoms with E-state index in [1.165, 1.54) is 0 Å². The Morgan fingerprint density at radius 2 is 2.06 bits per heavy atom. The Bertz CT molecular complexity index is 423. The Balaban J connectivity index is 2.60. The molecule has 0 fully saturated rings. The maximum absolute atomic E-state index is 11.8. The number of benzene rings is 1. The molecule has 18 heavy (non-hydrogen) atoms. The predicted octanol–water partition coefficient (Wildman–Crippen LogP) is 3.52. The fraction of sp³-hybridized carbons (Fsp3) is 0.462. The van der Waals surface area contributed by atoms with E-state index in [1.54, 1.807) is 0 Å². The second kappa shape index (κ2) is 7.19. The van der Waals surface area contributed by atoms with Gasteiger partial charge in [-0.05, 0) is 53.6 Å². The van der Waals surface area contributed by atoms with Crippen molar-refractivity contribution in [2.45, 2.75) is 26.8 Å². The van der Waals surface area contributed by atoms with Crippen molar-refractivity contribution in [3.8, 4) is 0 Å². The van der Waals surface area contributed by atoms with E-state index in [1.807, 2.05) is 25.1 Å². The van der Waals surface area contributed by atoms with Gasteiger partial charge in [-0.25, -0.2) is 0 Å². The molecule has 1 atom stereocenters. The summed E-state index contributed by atoms with van der Waals surface area (Å²) in [6, 6.07) is 5.37. The molecule has 0 saturated heterocycles. The van der Waals surface area contributed by atoms with E-state index in [4.69, 9.17) is 11.6 Å². The van der Waals surface area contributed by atoms with Gasteiger partial charge in [0.2, 0.25) is 5.91 Å². The number of halogens is 2. The van der Waals surface area contributed by atoms with E-state index in [9.17, 15) is 4.79 Å². The molecule has 100 valence electrons. The zero-order valence-electron chi connectivity index (χ0n) is 10.8. The van der Waals surface area contributed by atoms with Gasteiger partial charge in [0.25, 0.3) is 0 Å². The number of carbonyl (C=O) groups excluding carboxylic acids is 1. The van der Waals surface area contributed by atoms with E-state index in [0.717, 1.165) is 9.26 Å². The Hall–Kier alpha value is -0.490. The second-order valence-corrected chi connectivity index (χ2v) is 6.28. The lowest BCUT2D eigenvalue weighted by molar-refractivity contribution is -0.121. The largest absolute Gasteiger partial charge is 0.373 e. The summed E-state index contributed by atoms with van der Waals surface area (Å²) in [6.07, 6.45) is 0. The van der Waals surface area contributed by atoms with Gasteiger partial charge < -0.3 is 10.6 Å². The number of amides is 1. The summed E-state index contributed by atoms with van der Waals surface area (Å²) in [5.74, 6) is 0.432. The van der Waals surface area contributed by atoms with Crippen LogP contribution in [0.1, 0.15) is 20.8 Å². The van der Waals surface area contributed by atoms with Crippen LogP contribution in [0.2, 0.25) is 5.02 Å². The van der Waals surface area contributed by atoms with Crippen LogP contribution in [0.3, 0.4) is 0 Å². The predicted molar refractivity (Wildman–Crippen MR) is 85.1 cm³/mol. The van der Waals surface area contributed by atoms with Crippen LogP contribution in [-0.4, -0.2) is 18.5 Å². The molecular formula is C13H18ClIN2O. The molecule has 1 aromatic rings. The normalized spacial score (nSPS) is 12.3. The smallest absolute Gasteiger partial charge is 0.242 e. The number of carbonyl (C=O) groups is 1. The molecule has 1 amide bonds. The van der Waals surface area contributed by atoms with Crippen LogP contribution in [0.15, 0.2) is 18.2 Å². The summed E-state index contributed by atoms with van der Waals surface area (Å²) in [7, 11) is 0. The molecule has 0 heterocycles. The van der Waals surface area contributed by atoms with E-state index < -0.39 is 0 Å². The first-order chi connectivity index (χ1) is 8.40. The molecule has 1 rings (SSSR count). The summed E-state index contributed by atoms with van der Waals surface area (Å²) in [4.78, 5) is 11.8. The van der Waals surface area contributed by atoms with Gasteiger partial charge in [0.05, 0.1) is 10.7 Å². The average Bonchev–Trinajstić information content (AvgIpc) is 2.30. The minimum Gasteiger partial charge on any atom is -0.373 e. The molecule has 0 aromatic heterocycles. The highest BCUT2D eigenvalue weighted by atomic mass is 127. The first-order valence-electron chi connectivity index (χ1n) is 5.89. The summed E-state index contributed by atoms with van der Waals surface area (Å²) < 4.78 is 1.08. The lowest BCUT2D eigenvalue weighted by atomic mass is 10.2. The fourth-order valence-electron chi connectivity index (χ4n) is 1.36. The molecule has 0 aliphatic heterocycles. The molecule has 0 saturated carbocycles. The van der Waals surface area contributed by atoms with Crippen LogP contribution < -0.4 is 10.6 Å². The van der Waals surface area contributed by atoms with Crippen molar-refractivity contribution in [3.05, 3.63) is 26.8 Å². The van der Waals surface area contributed by atoms with Gasteiger partial charge in [0.1, 0.15) is 6.04 Å². The maximum Gasteiger partial charge on any atom is 0.242 e.